The number of halogens is 3. The number of hydrogen-bond acceptors (Lipinski definition) is 2. The minimum atomic E-state index is -0.597. The predicted octanol–water partition coefficient (Wildman–Crippen LogP) is 4.43. The summed E-state index contributed by atoms with van der Waals surface area (Å²) in [5.74, 6) is -0.515. The molecule has 0 bridgehead atoms. The van der Waals surface area contributed by atoms with Crippen molar-refractivity contribution in [3.8, 4) is 5.75 Å². The topological polar surface area (TPSA) is 21.3 Å². The van der Waals surface area contributed by atoms with Gasteiger partial charge in [0.05, 0.1) is 13.2 Å². The normalized spacial score (nSPS) is 12.2. The van der Waals surface area contributed by atoms with Crippen LogP contribution in [0.4, 0.5) is 8.78 Å². The van der Waals surface area contributed by atoms with Crippen molar-refractivity contribution in [1.82, 2.24) is 5.32 Å². The highest BCUT2D eigenvalue weighted by molar-refractivity contribution is 9.10. The lowest BCUT2D eigenvalue weighted by Crippen LogP contribution is -2.24. The first-order valence-corrected chi connectivity index (χ1v) is 7.38. The molecular formula is C16H16BrF2NO. The monoisotopic (exact) mass is 355 g/mol. The van der Waals surface area contributed by atoms with Gasteiger partial charge in [-0.2, -0.15) is 0 Å². The molecule has 0 fully saturated rings. The molecule has 112 valence electrons. The van der Waals surface area contributed by atoms with E-state index in [1.54, 1.807) is 25.3 Å². The maximum Gasteiger partial charge on any atom is 0.131 e. The number of ether oxygens (including phenoxy) is 1. The van der Waals surface area contributed by atoms with E-state index in [2.05, 4.69) is 21.2 Å². The highest BCUT2D eigenvalue weighted by Crippen LogP contribution is 2.33. The molecule has 2 aromatic rings. The van der Waals surface area contributed by atoms with Crippen LogP contribution in [0.25, 0.3) is 0 Å². The van der Waals surface area contributed by atoms with E-state index >= 15 is 0 Å². The fraction of sp³-hybridized carbons (Fsp3) is 0.250. The highest BCUT2D eigenvalue weighted by atomic mass is 79.9. The Morgan fingerprint density at radius 3 is 2.43 bits per heavy atom. The van der Waals surface area contributed by atoms with Gasteiger partial charge in [-0.1, -0.05) is 28.9 Å². The second-order valence-electron chi connectivity index (χ2n) is 4.51. The number of nitrogens with one attached hydrogen (secondary N) is 1. The maximum atomic E-state index is 14.1. The lowest BCUT2D eigenvalue weighted by atomic mass is 9.97. The van der Waals surface area contributed by atoms with Crippen LogP contribution < -0.4 is 10.1 Å². The van der Waals surface area contributed by atoms with Crippen LogP contribution in [-0.4, -0.2) is 13.7 Å². The van der Waals surface area contributed by atoms with Gasteiger partial charge in [-0.05, 0) is 42.4 Å². The lowest BCUT2D eigenvalue weighted by Gasteiger charge is -2.22. The molecule has 2 rings (SSSR count). The van der Waals surface area contributed by atoms with Crippen molar-refractivity contribution in [2.45, 2.75) is 13.0 Å². The summed E-state index contributed by atoms with van der Waals surface area (Å²) in [5.41, 5.74) is 0.730. The van der Waals surface area contributed by atoms with Gasteiger partial charge in [0.1, 0.15) is 17.4 Å². The number of benzene rings is 2. The van der Waals surface area contributed by atoms with Crippen molar-refractivity contribution in [1.29, 1.82) is 0 Å². The third-order valence-corrected chi connectivity index (χ3v) is 3.93. The SMILES string of the molecule is CCNC(c1cc(OC)ccc1Br)c1c(F)cccc1F. The molecule has 0 spiro atoms. The fourth-order valence-electron chi connectivity index (χ4n) is 2.23. The summed E-state index contributed by atoms with van der Waals surface area (Å²) in [7, 11) is 1.55. The van der Waals surface area contributed by atoms with Crippen LogP contribution >= 0.6 is 15.9 Å². The first-order chi connectivity index (χ1) is 10.1. The van der Waals surface area contributed by atoms with Crippen molar-refractivity contribution in [2.24, 2.45) is 0 Å². The molecule has 21 heavy (non-hydrogen) atoms. The van der Waals surface area contributed by atoms with Crippen LogP contribution in [0, 0.1) is 11.6 Å². The van der Waals surface area contributed by atoms with Crippen LogP contribution in [0.3, 0.4) is 0 Å². The van der Waals surface area contributed by atoms with Gasteiger partial charge in [-0.25, -0.2) is 8.78 Å². The van der Waals surface area contributed by atoms with Gasteiger partial charge in [-0.3, -0.25) is 0 Å². The molecule has 0 saturated heterocycles. The maximum absolute atomic E-state index is 14.1. The molecule has 0 aromatic heterocycles. The molecule has 1 unspecified atom stereocenters. The van der Waals surface area contributed by atoms with E-state index in [0.29, 0.717) is 12.3 Å². The Hall–Kier alpha value is -1.46. The number of rotatable bonds is 5. The summed E-state index contributed by atoms with van der Waals surface area (Å²) in [6, 6.07) is 8.64. The summed E-state index contributed by atoms with van der Waals surface area (Å²) < 4.78 is 34.2. The first kappa shape index (κ1) is 15.9. The fourth-order valence-corrected chi connectivity index (χ4v) is 2.70. The van der Waals surface area contributed by atoms with Crippen molar-refractivity contribution >= 4 is 15.9 Å². The van der Waals surface area contributed by atoms with Crippen LogP contribution in [0.1, 0.15) is 24.1 Å². The Balaban J connectivity index is 2.58. The summed E-state index contributed by atoms with van der Waals surface area (Å²) >= 11 is 3.44. The Morgan fingerprint density at radius 1 is 1.19 bits per heavy atom. The summed E-state index contributed by atoms with van der Waals surface area (Å²) in [5, 5.41) is 3.12. The molecule has 0 aliphatic carbocycles. The van der Waals surface area contributed by atoms with E-state index in [0.717, 1.165) is 10.0 Å². The molecule has 0 heterocycles. The van der Waals surface area contributed by atoms with Crippen LogP contribution in [-0.2, 0) is 0 Å². The zero-order valence-corrected chi connectivity index (χ0v) is 13.4. The standard InChI is InChI=1S/C16H16BrF2NO/c1-3-20-16(15-13(18)5-4-6-14(15)19)11-9-10(21-2)7-8-12(11)17/h4-9,16,20H,3H2,1-2H3. The summed E-state index contributed by atoms with van der Waals surface area (Å²) in [6.45, 7) is 2.46. The predicted molar refractivity (Wildman–Crippen MR) is 82.6 cm³/mol. The first-order valence-electron chi connectivity index (χ1n) is 6.59. The van der Waals surface area contributed by atoms with Crippen molar-refractivity contribution in [2.75, 3.05) is 13.7 Å². The summed E-state index contributed by atoms with van der Waals surface area (Å²) in [6.07, 6.45) is 0. The van der Waals surface area contributed by atoms with E-state index in [1.165, 1.54) is 18.2 Å². The molecule has 0 aliphatic rings. The zero-order chi connectivity index (χ0) is 15.4. The van der Waals surface area contributed by atoms with Gasteiger partial charge in [0, 0.05) is 10.0 Å². The lowest BCUT2D eigenvalue weighted by molar-refractivity contribution is 0.413. The van der Waals surface area contributed by atoms with Gasteiger partial charge >= 0.3 is 0 Å². The van der Waals surface area contributed by atoms with Gasteiger partial charge in [0.15, 0.2) is 0 Å². The average molecular weight is 356 g/mol. The zero-order valence-electron chi connectivity index (χ0n) is 11.8. The molecule has 1 N–H and O–H groups in total. The number of methoxy groups -OCH3 is 1. The molecule has 2 aromatic carbocycles. The smallest absolute Gasteiger partial charge is 0.131 e. The van der Waals surface area contributed by atoms with Crippen LogP contribution in [0.5, 0.6) is 5.75 Å². The second-order valence-corrected chi connectivity index (χ2v) is 5.37. The average Bonchev–Trinajstić information content (AvgIpc) is 2.47. The van der Waals surface area contributed by atoms with Gasteiger partial charge < -0.3 is 10.1 Å². The minimum Gasteiger partial charge on any atom is -0.497 e. The van der Waals surface area contributed by atoms with Gasteiger partial charge in [-0.15, -0.1) is 0 Å². The van der Waals surface area contributed by atoms with Crippen LogP contribution in [0.2, 0.25) is 0 Å². The second kappa shape index (κ2) is 7.00. The van der Waals surface area contributed by atoms with E-state index in [4.69, 9.17) is 4.74 Å². The van der Waals surface area contributed by atoms with E-state index in [-0.39, 0.29) is 5.56 Å². The van der Waals surface area contributed by atoms with E-state index in [1.807, 2.05) is 6.92 Å². The molecule has 1 atom stereocenters. The van der Waals surface area contributed by atoms with Crippen molar-refractivity contribution in [3.05, 3.63) is 63.6 Å². The van der Waals surface area contributed by atoms with E-state index < -0.39 is 17.7 Å². The molecule has 0 radical (unpaired) electrons. The Bertz CT molecular complexity index is 613. The summed E-state index contributed by atoms with van der Waals surface area (Å²) in [4.78, 5) is 0. The van der Waals surface area contributed by atoms with Crippen molar-refractivity contribution in [3.63, 3.8) is 0 Å². The molecule has 2 nitrogen and oxygen atoms in total. The molecule has 0 aliphatic heterocycles. The molecule has 5 heteroatoms. The van der Waals surface area contributed by atoms with E-state index in [9.17, 15) is 8.78 Å². The third-order valence-electron chi connectivity index (χ3n) is 3.21. The van der Waals surface area contributed by atoms with Gasteiger partial charge in [0.25, 0.3) is 0 Å². The Kier molecular flexibility index (Phi) is 5.31. The van der Waals surface area contributed by atoms with Gasteiger partial charge in [0.2, 0.25) is 0 Å². The minimum absolute atomic E-state index is 0.00769. The third kappa shape index (κ3) is 3.41. The Morgan fingerprint density at radius 2 is 1.86 bits per heavy atom. The molecular weight excluding hydrogens is 340 g/mol. The largest absolute Gasteiger partial charge is 0.497 e. The van der Waals surface area contributed by atoms with Crippen molar-refractivity contribution < 1.29 is 13.5 Å². The highest BCUT2D eigenvalue weighted by Gasteiger charge is 2.23. The number of hydrogen-bond donors (Lipinski definition) is 1. The Labute approximate surface area is 131 Å². The molecule has 0 amide bonds. The quantitative estimate of drug-likeness (QED) is 0.856. The van der Waals surface area contributed by atoms with Crippen LogP contribution in [0.15, 0.2) is 40.9 Å². The molecule has 0 saturated carbocycles.